The summed E-state index contributed by atoms with van der Waals surface area (Å²) in [5.74, 6) is 0.118. The van der Waals surface area contributed by atoms with Crippen LogP contribution in [0, 0.1) is 0 Å². The Bertz CT molecular complexity index is 1230. The van der Waals surface area contributed by atoms with Crippen molar-refractivity contribution in [2.24, 2.45) is 0 Å². The molecule has 0 unspecified atom stereocenters. The molecule has 1 N–H and O–H groups in total. The van der Waals surface area contributed by atoms with E-state index in [2.05, 4.69) is 5.32 Å². The lowest BCUT2D eigenvalue weighted by atomic mass is 10.0. The molecule has 6 nitrogen and oxygen atoms in total. The molecule has 2 amide bonds. The van der Waals surface area contributed by atoms with Gasteiger partial charge in [0.25, 0.3) is 11.8 Å². The number of carbonyl (C=O) groups excluding carboxylic acids is 3. The maximum atomic E-state index is 13.1. The molecule has 0 bridgehead atoms. The lowest BCUT2D eigenvalue weighted by molar-refractivity contribution is -0.122. The van der Waals surface area contributed by atoms with E-state index >= 15 is 0 Å². The molecule has 3 aromatic rings. The Morgan fingerprint density at radius 1 is 0.906 bits per heavy atom. The normalized spacial score (nSPS) is 15.0. The minimum Gasteiger partial charge on any atom is -0.457 e. The maximum Gasteiger partial charge on any atom is 0.270 e. The Labute approximate surface area is 190 Å². The van der Waals surface area contributed by atoms with Gasteiger partial charge >= 0.3 is 0 Å². The van der Waals surface area contributed by atoms with Gasteiger partial charge in [0.15, 0.2) is 10.9 Å². The monoisotopic (exact) mass is 442 g/mol. The number of benzene rings is 3. The lowest BCUT2D eigenvalue weighted by Crippen LogP contribution is -2.54. The fourth-order valence-electron chi connectivity index (χ4n) is 3.16. The fourth-order valence-corrected chi connectivity index (χ4v) is 3.44. The van der Waals surface area contributed by atoms with E-state index in [1.165, 1.54) is 17.9 Å². The summed E-state index contributed by atoms with van der Waals surface area (Å²) in [5, 5.41) is 2.56. The van der Waals surface area contributed by atoms with E-state index in [9.17, 15) is 14.4 Å². The van der Waals surface area contributed by atoms with Crippen molar-refractivity contribution in [2.45, 2.75) is 6.92 Å². The number of Topliss-reactive ketones (excluding diaryl/α,β-unsaturated/α-hetero) is 1. The number of hydrogen-bond acceptors (Lipinski definition) is 5. The summed E-state index contributed by atoms with van der Waals surface area (Å²) >= 11 is 5.24. The summed E-state index contributed by atoms with van der Waals surface area (Å²) in [6.07, 6.45) is 1.48. The van der Waals surface area contributed by atoms with Gasteiger partial charge in [-0.1, -0.05) is 42.5 Å². The van der Waals surface area contributed by atoms with Gasteiger partial charge in [0.05, 0.1) is 5.69 Å². The molecule has 1 saturated heterocycles. The molecule has 158 valence electrons. The van der Waals surface area contributed by atoms with E-state index < -0.39 is 11.8 Å². The van der Waals surface area contributed by atoms with Crippen molar-refractivity contribution in [2.75, 3.05) is 4.90 Å². The summed E-state index contributed by atoms with van der Waals surface area (Å²) in [6, 6.07) is 22.8. The molecule has 4 rings (SSSR count). The summed E-state index contributed by atoms with van der Waals surface area (Å²) in [6.45, 7) is 1.47. The molecular weight excluding hydrogens is 424 g/mol. The van der Waals surface area contributed by atoms with Crippen LogP contribution in [0.25, 0.3) is 6.08 Å². The first-order valence-electron chi connectivity index (χ1n) is 9.78. The van der Waals surface area contributed by atoms with Gasteiger partial charge in [-0.05, 0) is 67.2 Å². The van der Waals surface area contributed by atoms with Crippen molar-refractivity contribution in [3.05, 3.63) is 95.6 Å². The Hall–Kier alpha value is -4.10. The van der Waals surface area contributed by atoms with Crippen molar-refractivity contribution in [3.63, 3.8) is 0 Å². The van der Waals surface area contributed by atoms with Gasteiger partial charge < -0.3 is 4.74 Å². The van der Waals surface area contributed by atoms with Crippen LogP contribution in [-0.2, 0) is 9.59 Å². The summed E-state index contributed by atoms with van der Waals surface area (Å²) in [4.78, 5) is 38.3. The van der Waals surface area contributed by atoms with Gasteiger partial charge in [-0.2, -0.15) is 0 Å². The van der Waals surface area contributed by atoms with Crippen molar-refractivity contribution in [1.29, 1.82) is 0 Å². The number of para-hydroxylation sites is 1. The van der Waals surface area contributed by atoms with Crippen LogP contribution >= 0.6 is 12.2 Å². The Balaban J connectivity index is 1.58. The van der Waals surface area contributed by atoms with Crippen LogP contribution in [0.1, 0.15) is 22.8 Å². The highest BCUT2D eigenvalue weighted by molar-refractivity contribution is 7.80. The number of hydrogen-bond donors (Lipinski definition) is 1. The average molecular weight is 442 g/mol. The van der Waals surface area contributed by atoms with Crippen LogP contribution < -0.4 is 15.0 Å². The van der Waals surface area contributed by atoms with Crippen LogP contribution in [0.5, 0.6) is 11.5 Å². The molecule has 0 radical (unpaired) electrons. The lowest BCUT2D eigenvalue weighted by Gasteiger charge is -2.29. The van der Waals surface area contributed by atoms with Crippen molar-refractivity contribution >= 4 is 46.7 Å². The molecule has 1 aliphatic heterocycles. The molecule has 0 saturated carbocycles. The second-order valence-electron chi connectivity index (χ2n) is 7.05. The molecule has 1 fully saturated rings. The summed E-state index contributed by atoms with van der Waals surface area (Å²) in [7, 11) is 0. The third-order valence-corrected chi connectivity index (χ3v) is 5.09. The van der Waals surface area contributed by atoms with Crippen LogP contribution in [-0.4, -0.2) is 22.7 Å². The van der Waals surface area contributed by atoms with Gasteiger partial charge in [-0.3, -0.25) is 24.6 Å². The molecule has 0 aliphatic carbocycles. The average Bonchev–Trinajstić information content (AvgIpc) is 2.79. The van der Waals surface area contributed by atoms with Crippen LogP contribution in [0.2, 0.25) is 0 Å². The van der Waals surface area contributed by atoms with Crippen molar-refractivity contribution < 1.29 is 19.1 Å². The summed E-state index contributed by atoms with van der Waals surface area (Å²) in [5.41, 5.74) is 1.61. The first-order chi connectivity index (χ1) is 15.4. The number of nitrogens with one attached hydrogen (secondary N) is 1. The Morgan fingerprint density at radius 3 is 2.16 bits per heavy atom. The number of rotatable bonds is 5. The fraction of sp³-hybridized carbons (Fsp3) is 0.0400. The van der Waals surface area contributed by atoms with E-state index in [4.69, 9.17) is 17.0 Å². The van der Waals surface area contributed by atoms with Crippen LogP contribution in [0.4, 0.5) is 5.69 Å². The predicted octanol–water partition coefficient (Wildman–Crippen LogP) is 4.51. The first-order valence-corrected chi connectivity index (χ1v) is 10.2. The molecule has 7 heteroatoms. The maximum absolute atomic E-state index is 13.1. The number of carbonyl (C=O) groups is 3. The molecule has 1 aliphatic rings. The van der Waals surface area contributed by atoms with Gasteiger partial charge in [-0.25, -0.2) is 0 Å². The standard InChI is InChI=1S/C25H18N2O4S/c1-16(28)18-9-7-17(8-10-18)15-22-23(29)26-25(32)27(24(22)30)19-11-13-21(14-12-19)31-20-5-3-2-4-6-20/h2-15H,1H3,(H,26,29,32). The number of ketones is 1. The van der Waals surface area contributed by atoms with E-state index in [-0.39, 0.29) is 16.5 Å². The number of thiocarbonyl (C=S) groups is 1. The number of nitrogens with zero attached hydrogens (tertiary/aromatic N) is 1. The Morgan fingerprint density at radius 2 is 1.53 bits per heavy atom. The zero-order valence-electron chi connectivity index (χ0n) is 17.1. The minimum atomic E-state index is -0.573. The van der Waals surface area contributed by atoms with E-state index in [1.54, 1.807) is 48.5 Å². The van der Waals surface area contributed by atoms with Crippen LogP contribution in [0.3, 0.4) is 0 Å². The van der Waals surface area contributed by atoms with Gasteiger partial charge in [-0.15, -0.1) is 0 Å². The zero-order chi connectivity index (χ0) is 22.7. The zero-order valence-corrected chi connectivity index (χ0v) is 17.9. The second-order valence-corrected chi connectivity index (χ2v) is 7.43. The first kappa shape index (κ1) is 21.1. The number of anilines is 1. The molecule has 0 spiro atoms. The highest BCUT2D eigenvalue weighted by Gasteiger charge is 2.34. The predicted molar refractivity (Wildman–Crippen MR) is 126 cm³/mol. The third kappa shape index (κ3) is 4.48. The largest absolute Gasteiger partial charge is 0.457 e. The van der Waals surface area contributed by atoms with Crippen LogP contribution in [0.15, 0.2) is 84.4 Å². The van der Waals surface area contributed by atoms with Crippen molar-refractivity contribution in [1.82, 2.24) is 5.32 Å². The number of ether oxygens (including phenoxy) is 1. The van der Waals surface area contributed by atoms with E-state index in [0.29, 0.717) is 28.3 Å². The van der Waals surface area contributed by atoms with E-state index in [1.807, 2.05) is 30.3 Å². The second kappa shape index (κ2) is 8.95. The molecule has 0 aromatic heterocycles. The number of amides is 2. The highest BCUT2D eigenvalue weighted by Crippen LogP contribution is 2.27. The molecule has 32 heavy (non-hydrogen) atoms. The van der Waals surface area contributed by atoms with Gasteiger partial charge in [0.1, 0.15) is 17.1 Å². The summed E-state index contributed by atoms with van der Waals surface area (Å²) < 4.78 is 5.78. The quantitative estimate of drug-likeness (QED) is 0.272. The van der Waals surface area contributed by atoms with Gasteiger partial charge in [0, 0.05) is 5.56 Å². The van der Waals surface area contributed by atoms with E-state index in [0.717, 1.165) is 0 Å². The molecule has 1 heterocycles. The topological polar surface area (TPSA) is 75.7 Å². The Kier molecular flexibility index (Phi) is 5.91. The third-order valence-electron chi connectivity index (χ3n) is 4.80. The molecular formula is C25H18N2O4S. The van der Waals surface area contributed by atoms with Crippen molar-refractivity contribution in [3.8, 4) is 11.5 Å². The van der Waals surface area contributed by atoms with Gasteiger partial charge in [0.2, 0.25) is 0 Å². The smallest absolute Gasteiger partial charge is 0.270 e. The molecule has 0 atom stereocenters. The SMILES string of the molecule is CC(=O)c1ccc(C=C2C(=O)NC(=S)N(c3ccc(Oc4ccccc4)cc3)C2=O)cc1. The highest BCUT2D eigenvalue weighted by atomic mass is 32.1. The minimum absolute atomic E-state index is 0.000746. The molecule has 3 aromatic carbocycles.